The van der Waals surface area contributed by atoms with E-state index in [9.17, 15) is 0 Å². The van der Waals surface area contributed by atoms with Gasteiger partial charge in [-0.2, -0.15) is 0 Å². The van der Waals surface area contributed by atoms with Gasteiger partial charge in [-0.3, -0.25) is 4.98 Å². The van der Waals surface area contributed by atoms with Crippen molar-refractivity contribution < 1.29 is 0 Å². The summed E-state index contributed by atoms with van der Waals surface area (Å²) in [5.41, 5.74) is 1.06. The van der Waals surface area contributed by atoms with Crippen LogP contribution in [-0.2, 0) is 0 Å². The maximum Gasteiger partial charge on any atom is 0.124 e. The van der Waals surface area contributed by atoms with Crippen molar-refractivity contribution in [3.8, 4) is 0 Å². The molecule has 0 spiro atoms. The number of hydrogen-bond donors (Lipinski definition) is 0. The van der Waals surface area contributed by atoms with Gasteiger partial charge in [0.15, 0.2) is 0 Å². The minimum Gasteiger partial charge on any atom is -0.261 e. The lowest BCUT2D eigenvalue weighted by molar-refractivity contribution is 1.23. The van der Waals surface area contributed by atoms with Gasteiger partial charge in [0.25, 0.3) is 0 Å². The molecular weight excluding hydrogens is 192 g/mol. The van der Waals surface area contributed by atoms with Crippen LogP contribution in [0, 0.1) is 6.92 Å². The number of fused-ring (bicyclic) bond motifs is 3. The monoisotopic (exact) mass is 200 g/mol. The maximum atomic E-state index is 4.34. The minimum atomic E-state index is 1.06. The van der Waals surface area contributed by atoms with Crippen LogP contribution in [0.1, 0.15) is 5.69 Å². The highest BCUT2D eigenvalue weighted by molar-refractivity contribution is 7.25. The first-order chi connectivity index (χ1) is 6.84. The van der Waals surface area contributed by atoms with Gasteiger partial charge in [-0.25, -0.2) is 4.98 Å². The topological polar surface area (TPSA) is 25.8 Å². The molecule has 0 aliphatic heterocycles. The zero-order chi connectivity index (χ0) is 9.54. The average molecular weight is 200 g/mol. The van der Waals surface area contributed by atoms with Crippen LogP contribution in [0.25, 0.3) is 20.3 Å². The molecule has 0 bridgehead atoms. The highest BCUT2D eigenvalue weighted by Crippen LogP contribution is 2.31. The summed E-state index contributed by atoms with van der Waals surface area (Å²) in [5.74, 6) is 0. The van der Waals surface area contributed by atoms with Gasteiger partial charge in [-0.15, -0.1) is 11.3 Å². The molecule has 3 aromatic rings. The van der Waals surface area contributed by atoms with Crippen LogP contribution in [0.15, 0.2) is 30.6 Å². The fourth-order valence-electron chi connectivity index (χ4n) is 1.60. The van der Waals surface area contributed by atoms with Gasteiger partial charge in [0.1, 0.15) is 4.83 Å². The summed E-state index contributed by atoms with van der Waals surface area (Å²) < 4.78 is 1.27. The molecule has 2 nitrogen and oxygen atoms in total. The van der Waals surface area contributed by atoms with Gasteiger partial charge in [0, 0.05) is 33.6 Å². The number of thiophene rings is 1. The Morgan fingerprint density at radius 2 is 2.14 bits per heavy atom. The molecule has 0 radical (unpaired) electrons. The Labute approximate surface area is 85.2 Å². The summed E-state index contributed by atoms with van der Waals surface area (Å²) in [5, 5.41) is 2.42. The van der Waals surface area contributed by atoms with E-state index >= 15 is 0 Å². The molecule has 0 fully saturated rings. The summed E-state index contributed by atoms with van der Waals surface area (Å²) in [6.07, 6.45) is 3.77. The van der Waals surface area contributed by atoms with Crippen LogP contribution in [0.5, 0.6) is 0 Å². The second-order valence-corrected chi connectivity index (χ2v) is 4.31. The van der Waals surface area contributed by atoms with E-state index in [4.69, 9.17) is 0 Å². The van der Waals surface area contributed by atoms with Gasteiger partial charge in [0.2, 0.25) is 0 Å². The molecular formula is C11H8N2S. The Balaban J connectivity index is 2.57. The number of nitrogens with zero attached hydrogens (tertiary/aromatic N) is 2. The number of rotatable bonds is 0. The highest BCUT2D eigenvalue weighted by atomic mass is 32.1. The van der Waals surface area contributed by atoms with Gasteiger partial charge in [-0.1, -0.05) is 0 Å². The number of aryl methyl sites for hydroxylation is 1. The normalized spacial score (nSPS) is 11.2. The second-order valence-electron chi connectivity index (χ2n) is 3.28. The molecule has 3 heterocycles. The van der Waals surface area contributed by atoms with E-state index < -0.39 is 0 Å². The van der Waals surface area contributed by atoms with Crippen molar-refractivity contribution in [2.24, 2.45) is 0 Å². The third-order valence-electron chi connectivity index (χ3n) is 2.27. The molecule has 0 aliphatic rings. The smallest absolute Gasteiger partial charge is 0.124 e. The van der Waals surface area contributed by atoms with E-state index in [1.807, 2.05) is 25.4 Å². The zero-order valence-corrected chi connectivity index (χ0v) is 8.51. The van der Waals surface area contributed by atoms with E-state index in [0.29, 0.717) is 0 Å². The zero-order valence-electron chi connectivity index (χ0n) is 7.69. The maximum absolute atomic E-state index is 4.34. The Hall–Kier alpha value is -1.48. The third-order valence-corrected chi connectivity index (χ3v) is 3.35. The summed E-state index contributed by atoms with van der Waals surface area (Å²) in [7, 11) is 0. The van der Waals surface area contributed by atoms with E-state index in [-0.39, 0.29) is 0 Å². The highest BCUT2D eigenvalue weighted by Gasteiger charge is 2.04. The van der Waals surface area contributed by atoms with Crippen molar-refractivity contribution in [3.05, 3.63) is 36.3 Å². The van der Waals surface area contributed by atoms with Crippen molar-refractivity contribution in [3.63, 3.8) is 0 Å². The van der Waals surface area contributed by atoms with Crippen molar-refractivity contribution in [1.82, 2.24) is 9.97 Å². The number of pyridine rings is 2. The van der Waals surface area contributed by atoms with Gasteiger partial charge in [0.05, 0.1) is 0 Å². The van der Waals surface area contributed by atoms with E-state index in [1.165, 1.54) is 15.5 Å². The van der Waals surface area contributed by atoms with Crippen LogP contribution in [-0.4, -0.2) is 9.97 Å². The van der Waals surface area contributed by atoms with Crippen molar-refractivity contribution in [2.75, 3.05) is 0 Å². The summed E-state index contributed by atoms with van der Waals surface area (Å²) >= 11 is 1.72. The Morgan fingerprint density at radius 1 is 1.21 bits per heavy atom. The van der Waals surface area contributed by atoms with Crippen LogP contribution in [0.3, 0.4) is 0 Å². The third kappa shape index (κ3) is 1.02. The van der Waals surface area contributed by atoms with Crippen molar-refractivity contribution in [1.29, 1.82) is 0 Å². The first-order valence-electron chi connectivity index (χ1n) is 4.44. The van der Waals surface area contributed by atoms with Gasteiger partial charge >= 0.3 is 0 Å². The lowest BCUT2D eigenvalue weighted by Crippen LogP contribution is -1.76. The largest absolute Gasteiger partial charge is 0.261 e. The fraction of sp³-hybridized carbons (Fsp3) is 0.0909. The SMILES string of the molecule is Cc1cc2sc3ncccc3c2cn1. The minimum absolute atomic E-state index is 1.06. The molecule has 3 rings (SSSR count). The quantitative estimate of drug-likeness (QED) is 0.557. The molecule has 0 saturated heterocycles. The van der Waals surface area contributed by atoms with Crippen molar-refractivity contribution in [2.45, 2.75) is 6.92 Å². The average Bonchev–Trinajstić information content (AvgIpc) is 2.54. The predicted molar refractivity (Wildman–Crippen MR) is 59.7 cm³/mol. The molecule has 3 aromatic heterocycles. The molecule has 68 valence electrons. The molecule has 0 amide bonds. The molecule has 0 atom stereocenters. The lowest BCUT2D eigenvalue weighted by Gasteiger charge is -1.91. The van der Waals surface area contributed by atoms with E-state index in [0.717, 1.165) is 10.5 Å². The van der Waals surface area contributed by atoms with Crippen LogP contribution >= 0.6 is 11.3 Å². The Morgan fingerprint density at radius 3 is 3.07 bits per heavy atom. The van der Waals surface area contributed by atoms with Crippen LogP contribution in [0.2, 0.25) is 0 Å². The van der Waals surface area contributed by atoms with E-state index in [1.54, 1.807) is 11.3 Å². The van der Waals surface area contributed by atoms with Crippen molar-refractivity contribution >= 4 is 31.6 Å². The molecule has 0 saturated carbocycles. The summed E-state index contributed by atoms with van der Waals surface area (Å²) in [6, 6.07) is 6.17. The standard InChI is InChI=1S/C11H8N2S/c1-7-5-10-9(6-13-7)8-3-2-4-12-11(8)14-10/h2-6H,1H3. The lowest BCUT2D eigenvalue weighted by atomic mass is 10.2. The summed E-state index contributed by atoms with van der Waals surface area (Å²) in [4.78, 5) is 9.74. The first-order valence-corrected chi connectivity index (χ1v) is 5.26. The van der Waals surface area contributed by atoms with Gasteiger partial charge in [-0.05, 0) is 25.1 Å². The molecule has 0 N–H and O–H groups in total. The molecule has 0 aromatic carbocycles. The van der Waals surface area contributed by atoms with Crippen LogP contribution in [0.4, 0.5) is 0 Å². The first kappa shape index (κ1) is 7.88. The molecule has 0 unspecified atom stereocenters. The molecule has 3 heteroatoms. The second kappa shape index (κ2) is 2.75. The molecule has 14 heavy (non-hydrogen) atoms. The van der Waals surface area contributed by atoms with Gasteiger partial charge < -0.3 is 0 Å². The molecule has 0 aliphatic carbocycles. The van der Waals surface area contributed by atoms with Crippen LogP contribution < -0.4 is 0 Å². The van der Waals surface area contributed by atoms with E-state index in [2.05, 4.69) is 22.1 Å². The predicted octanol–water partition coefficient (Wildman–Crippen LogP) is 3.15. The summed E-state index contributed by atoms with van der Waals surface area (Å²) in [6.45, 7) is 2.01. The fourth-order valence-corrected chi connectivity index (χ4v) is 2.71. The number of aromatic nitrogens is 2. The number of hydrogen-bond acceptors (Lipinski definition) is 3. The Bertz CT molecular complexity index is 613. The Kier molecular flexibility index (Phi) is 1.55.